The standard InChI is InChI=1S/C18H21ClN4O2/c1-11(2)6-17-20-16(21-25-17)10-22-9-14-8-15(22)18(24)23(14)13-5-3-4-12(19)7-13/h3-5,7,11,14-15H,6,8-10H2,1-2H3/t14-,15-/m0/s1. The number of piperazine rings is 1. The molecule has 2 aliphatic rings. The van der Waals surface area contributed by atoms with E-state index in [1.807, 2.05) is 29.2 Å². The van der Waals surface area contributed by atoms with Crippen LogP contribution in [0.5, 0.6) is 0 Å². The van der Waals surface area contributed by atoms with E-state index in [0.717, 1.165) is 25.1 Å². The number of carbonyl (C=O) groups is 1. The van der Waals surface area contributed by atoms with Crippen LogP contribution in [-0.4, -0.2) is 39.6 Å². The van der Waals surface area contributed by atoms with E-state index >= 15 is 0 Å². The predicted molar refractivity (Wildman–Crippen MR) is 94.4 cm³/mol. The fourth-order valence-corrected chi connectivity index (χ4v) is 3.96. The molecule has 0 saturated carbocycles. The SMILES string of the molecule is CC(C)Cc1nc(CN2C[C@@H]3C[C@H]2C(=O)N3c2cccc(Cl)c2)no1. The molecule has 2 saturated heterocycles. The first-order valence-electron chi connectivity index (χ1n) is 8.65. The highest BCUT2D eigenvalue weighted by Gasteiger charge is 2.50. The van der Waals surface area contributed by atoms with Crippen LogP contribution in [0.3, 0.4) is 0 Å². The molecule has 0 N–H and O–H groups in total. The second-order valence-corrected chi connectivity index (χ2v) is 7.66. The van der Waals surface area contributed by atoms with Crippen molar-refractivity contribution in [3.8, 4) is 0 Å². The molecule has 132 valence electrons. The zero-order valence-electron chi connectivity index (χ0n) is 14.4. The summed E-state index contributed by atoms with van der Waals surface area (Å²) in [6.07, 6.45) is 1.61. The van der Waals surface area contributed by atoms with Crippen molar-refractivity contribution in [3.05, 3.63) is 41.0 Å². The number of fused-ring (bicyclic) bond motifs is 2. The Hall–Kier alpha value is -1.92. The molecule has 1 aromatic carbocycles. The molecule has 1 amide bonds. The van der Waals surface area contributed by atoms with Crippen molar-refractivity contribution < 1.29 is 9.32 Å². The molecule has 2 bridgehead atoms. The van der Waals surface area contributed by atoms with E-state index < -0.39 is 0 Å². The van der Waals surface area contributed by atoms with Crippen LogP contribution < -0.4 is 4.90 Å². The van der Waals surface area contributed by atoms with Gasteiger partial charge < -0.3 is 9.42 Å². The summed E-state index contributed by atoms with van der Waals surface area (Å²) in [7, 11) is 0. The van der Waals surface area contributed by atoms with Gasteiger partial charge in [0.25, 0.3) is 0 Å². The van der Waals surface area contributed by atoms with Crippen molar-refractivity contribution in [1.29, 1.82) is 0 Å². The average Bonchev–Trinajstić information content (AvgIpc) is 3.22. The lowest BCUT2D eigenvalue weighted by atomic mass is 10.1. The maximum atomic E-state index is 12.8. The first-order chi connectivity index (χ1) is 12.0. The van der Waals surface area contributed by atoms with Gasteiger partial charge in [0.1, 0.15) is 0 Å². The summed E-state index contributed by atoms with van der Waals surface area (Å²) in [6.45, 7) is 5.60. The normalized spacial score (nSPS) is 23.2. The minimum atomic E-state index is -0.115. The van der Waals surface area contributed by atoms with Gasteiger partial charge in [0.15, 0.2) is 5.82 Å². The van der Waals surface area contributed by atoms with E-state index in [4.69, 9.17) is 16.1 Å². The fraction of sp³-hybridized carbons (Fsp3) is 0.500. The van der Waals surface area contributed by atoms with Crippen LogP contribution >= 0.6 is 11.6 Å². The molecular formula is C18H21ClN4O2. The van der Waals surface area contributed by atoms with Gasteiger partial charge in [-0.3, -0.25) is 9.69 Å². The number of hydrogen-bond acceptors (Lipinski definition) is 5. The highest BCUT2D eigenvalue weighted by atomic mass is 35.5. The van der Waals surface area contributed by atoms with Gasteiger partial charge >= 0.3 is 0 Å². The van der Waals surface area contributed by atoms with Gasteiger partial charge in [-0.2, -0.15) is 4.98 Å². The molecule has 0 aliphatic carbocycles. The summed E-state index contributed by atoms with van der Waals surface area (Å²) in [5.41, 5.74) is 0.878. The lowest BCUT2D eigenvalue weighted by Crippen LogP contribution is -2.50. The van der Waals surface area contributed by atoms with Crippen LogP contribution in [-0.2, 0) is 17.8 Å². The van der Waals surface area contributed by atoms with Gasteiger partial charge in [-0.05, 0) is 30.5 Å². The molecule has 25 heavy (non-hydrogen) atoms. The van der Waals surface area contributed by atoms with E-state index in [9.17, 15) is 4.79 Å². The van der Waals surface area contributed by atoms with E-state index in [0.29, 0.717) is 29.2 Å². The van der Waals surface area contributed by atoms with Crippen molar-refractivity contribution >= 4 is 23.2 Å². The molecule has 7 heteroatoms. The van der Waals surface area contributed by atoms with E-state index in [-0.39, 0.29) is 18.0 Å². The summed E-state index contributed by atoms with van der Waals surface area (Å²) in [4.78, 5) is 21.3. The molecule has 2 atom stereocenters. The largest absolute Gasteiger partial charge is 0.339 e. The second-order valence-electron chi connectivity index (χ2n) is 7.23. The van der Waals surface area contributed by atoms with Crippen LogP contribution in [0.25, 0.3) is 0 Å². The Kier molecular flexibility index (Phi) is 4.25. The van der Waals surface area contributed by atoms with Gasteiger partial charge in [-0.25, -0.2) is 0 Å². The lowest BCUT2D eigenvalue weighted by Gasteiger charge is -2.33. The molecule has 2 fully saturated rings. The van der Waals surface area contributed by atoms with Gasteiger partial charge in [0.2, 0.25) is 11.8 Å². The molecule has 1 aromatic heterocycles. The van der Waals surface area contributed by atoms with Crippen LogP contribution in [0.4, 0.5) is 5.69 Å². The number of nitrogens with zero attached hydrogens (tertiary/aromatic N) is 4. The Morgan fingerprint density at radius 2 is 2.24 bits per heavy atom. The van der Waals surface area contributed by atoms with Crippen LogP contribution in [0.2, 0.25) is 5.02 Å². The highest BCUT2D eigenvalue weighted by Crippen LogP contribution is 2.36. The lowest BCUT2D eigenvalue weighted by molar-refractivity contribution is -0.122. The third-order valence-corrected chi connectivity index (χ3v) is 5.03. The highest BCUT2D eigenvalue weighted by molar-refractivity contribution is 6.31. The quantitative estimate of drug-likeness (QED) is 0.820. The maximum absolute atomic E-state index is 12.8. The molecule has 0 spiro atoms. The molecule has 6 nitrogen and oxygen atoms in total. The Balaban J connectivity index is 1.45. The number of likely N-dealkylation sites (tertiary alicyclic amines) is 1. The number of amides is 1. The van der Waals surface area contributed by atoms with Crippen molar-refractivity contribution in [2.75, 3.05) is 11.4 Å². The molecular weight excluding hydrogens is 340 g/mol. The number of rotatable bonds is 5. The van der Waals surface area contributed by atoms with Gasteiger partial charge in [0, 0.05) is 23.7 Å². The molecule has 3 heterocycles. The second kappa shape index (κ2) is 6.42. The number of benzene rings is 1. The minimum absolute atomic E-state index is 0.115. The average molecular weight is 361 g/mol. The first kappa shape index (κ1) is 16.5. The monoisotopic (exact) mass is 360 g/mol. The molecule has 0 radical (unpaired) electrons. The van der Waals surface area contributed by atoms with Crippen LogP contribution in [0.1, 0.15) is 32.0 Å². The van der Waals surface area contributed by atoms with Crippen molar-refractivity contribution in [2.24, 2.45) is 5.92 Å². The first-order valence-corrected chi connectivity index (χ1v) is 9.03. The minimum Gasteiger partial charge on any atom is -0.339 e. The van der Waals surface area contributed by atoms with E-state index in [2.05, 4.69) is 28.9 Å². The predicted octanol–water partition coefficient (Wildman–Crippen LogP) is 2.91. The zero-order valence-corrected chi connectivity index (χ0v) is 15.1. The Labute approximate surface area is 151 Å². The Bertz CT molecular complexity index is 791. The summed E-state index contributed by atoms with van der Waals surface area (Å²) >= 11 is 6.07. The number of anilines is 1. The fourth-order valence-electron chi connectivity index (χ4n) is 3.77. The Morgan fingerprint density at radius 3 is 2.96 bits per heavy atom. The zero-order chi connectivity index (χ0) is 17.6. The molecule has 0 unspecified atom stereocenters. The summed E-state index contributed by atoms with van der Waals surface area (Å²) in [5, 5.41) is 4.71. The molecule has 2 aromatic rings. The third-order valence-electron chi connectivity index (χ3n) is 4.79. The van der Waals surface area contributed by atoms with Gasteiger partial charge in [-0.1, -0.05) is 36.7 Å². The van der Waals surface area contributed by atoms with Gasteiger partial charge in [0.05, 0.1) is 18.6 Å². The van der Waals surface area contributed by atoms with Crippen molar-refractivity contribution in [2.45, 2.75) is 45.3 Å². The molecule has 2 aliphatic heterocycles. The topological polar surface area (TPSA) is 62.5 Å². The third kappa shape index (κ3) is 3.16. The Morgan fingerprint density at radius 1 is 1.40 bits per heavy atom. The number of halogens is 1. The molecule has 4 rings (SSSR count). The smallest absolute Gasteiger partial charge is 0.244 e. The maximum Gasteiger partial charge on any atom is 0.244 e. The van der Waals surface area contributed by atoms with Crippen molar-refractivity contribution in [3.63, 3.8) is 0 Å². The summed E-state index contributed by atoms with van der Waals surface area (Å²) in [5.74, 6) is 1.93. The van der Waals surface area contributed by atoms with E-state index in [1.54, 1.807) is 0 Å². The van der Waals surface area contributed by atoms with Crippen LogP contribution in [0, 0.1) is 5.92 Å². The number of carbonyl (C=O) groups excluding carboxylic acids is 1. The number of aromatic nitrogens is 2. The van der Waals surface area contributed by atoms with Crippen LogP contribution in [0.15, 0.2) is 28.8 Å². The van der Waals surface area contributed by atoms with E-state index in [1.165, 1.54) is 0 Å². The van der Waals surface area contributed by atoms with Crippen molar-refractivity contribution in [1.82, 2.24) is 15.0 Å². The van der Waals surface area contributed by atoms with Gasteiger partial charge in [-0.15, -0.1) is 0 Å². The number of hydrogen-bond donors (Lipinski definition) is 0. The summed E-state index contributed by atoms with van der Waals surface area (Å²) < 4.78 is 5.30. The summed E-state index contributed by atoms with van der Waals surface area (Å²) in [6, 6.07) is 7.55.